The van der Waals surface area contributed by atoms with E-state index in [1.807, 2.05) is 18.4 Å². The molecule has 1 aliphatic rings. The average molecular weight is 238 g/mol. The standard InChI is InChI=1S/C12H18N2OS/c1-9-3-6-16-10(9)11(15)14-8-12(7-13)4-2-5-12/h3,6H,2,4-5,7-8,13H2,1H3,(H,14,15). The number of aryl methyl sites for hydroxylation is 1. The maximum Gasteiger partial charge on any atom is 0.261 e. The molecule has 4 heteroatoms. The van der Waals surface area contributed by atoms with E-state index in [0.29, 0.717) is 6.54 Å². The normalized spacial score (nSPS) is 17.9. The Hall–Kier alpha value is -0.870. The lowest BCUT2D eigenvalue weighted by Gasteiger charge is -2.40. The van der Waals surface area contributed by atoms with E-state index < -0.39 is 0 Å². The van der Waals surface area contributed by atoms with Crippen molar-refractivity contribution in [3.63, 3.8) is 0 Å². The number of hydrogen-bond acceptors (Lipinski definition) is 3. The zero-order valence-corrected chi connectivity index (χ0v) is 10.4. The van der Waals surface area contributed by atoms with Gasteiger partial charge in [0.2, 0.25) is 0 Å². The fourth-order valence-corrected chi connectivity index (χ4v) is 2.92. The topological polar surface area (TPSA) is 55.1 Å². The summed E-state index contributed by atoms with van der Waals surface area (Å²) in [4.78, 5) is 12.7. The van der Waals surface area contributed by atoms with E-state index >= 15 is 0 Å². The summed E-state index contributed by atoms with van der Waals surface area (Å²) >= 11 is 1.50. The monoisotopic (exact) mass is 238 g/mol. The number of carbonyl (C=O) groups excluding carboxylic acids is 1. The minimum Gasteiger partial charge on any atom is -0.351 e. The van der Waals surface area contributed by atoms with Crippen molar-refractivity contribution in [1.29, 1.82) is 0 Å². The highest BCUT2D eigenvalue weighted by Gasteiger charge is 2.35. The third-order valence-electron chi connectivity index (χ3n) is 3.54. The number of hydrogen-bond donors (Lipinski definition) is 2. The molecule has 3 N–H and O–H groups in total. The van der Waals surface area contributed by atoms with E-state index in [1.165, 1.54) is 17.8 Å². The van der Waals surface area contributed by atoms with Gasteiger partial charge in [0.05, 0.1) is 4.88 Å². The zero-order valence-electron chi connectivity index (χ0n) is 9.58. The minimum atomic E-state index is 0.0484. The Kier molecular flexibility index (Phi) is 3.30. The summed E-state index contributed by atoms with van der Waals surface area (Å²) in [6.07, 6.45) is 3.53. The molecule has 0 saturated heterocycles. The van der Waals surface area contributed by atoms with Crippen LogP contribution in [0.25, 0.3) is 0 Å². The van der Waals surface area contributed by atoms with Crippen molar-refractivity contribution in [3.8, 4) is 0 Å². The summed E-state index contributed by atoms with van der Waals surface area (Å²) in [6, 6.07) is 1.97. The molecule has 1 heterocycles. The summed E-state index contributed by atoms with van der Waals surface area (Å²) in [5, 5.41) is 4.96. The highest BCUT2D eigenvalue weighted by Crippen LogP contribution is 2.39. The average Bonchev–Trinajstić information content (AvgIpc) is 2.63. The first-order valence-electron chi connectivity index (χ1n) is 5.69. The Labute approximate surface area is 100 Å². The molecule has 1 aromatic rings. The van der Waals surface area contributed by atoms with Crippen molar-refractivity contribution in [2.75, 3.05) is 13.1 Å². The molecular formula is C12H18N2OS. The van der Waals surface area contributed by atoms with Gasteiger partial charge in [-0.05, 0) is 48.7 Å². The number of thiophene rings is 1. The van der Waals surface area contributed by atoms with Crippen molar-refractivity contribution < 1.29 is 4.79 Å². The molecular weight excluding hydrogens is 220 g/mol. The van der Waals surface area contributed by atoms with Gasteiger partial charge in [-0.15, -0.1) is 11.3 Å². The van der Waals surface area contributed by atoms with Gasteiger partial charge in [-0.25, -0.2) is 0 Å². The number of rotatable bonds is 4. The number of carbonyl (C=O) groups is 1. The van der Waals surface area contributed by atoms with Gasteiger partial charge >= 0.3 is 0 Å². The Morgan fingerprint density at radius 2 is 2.38 bits per heavy atom. The number of nitrogens with two attached hydrogens (primary N) is 1. The fourth-order valence-electron chi connectivity index (χ4n) is 2.08. The number of amides is 1. The van der Waals surface area contributed by atoms with Crippen LogP contribution in [-0.4, -0.2) is 19.0 Å². The van der Waals surface area contributed by atoms with Crippen LogP contribution in [0.1, 0.15) is 34.5 Å². The van der Waals surface area contributed by atoms with Gasteiger partial charge in [0.15, 0.2) is 0 Å². The van der Waals surface area contributed by atoms with Crippen LogP contribution in [0.15, 0.2) is 11.4 Å². The van der Waals surface area contributed by atoms with Gasteiger partial charge in [-0.3, -0.25) is 4.79 Å². The second kappa shape index (κ2) is 4.55. The van der Waals surface area contributed by atoms with Crippen LogP contribution >= 0.6 is 11.3 Å². The Morgan fingerprint density at radius 1 is 1.62 bits per heavy atom. The van der Waals surface area contributed by atoms with Crippen LogP contribution in [0, 0.1) is 12.3 Å². The minimum absolute atomic E-state index is 0.0484. The van der Waals surface area contributed by atoms with Gasteiger partial charge in [-0.1, -0.05) is 6.42 Å². The Balaban J connectivity index is 1.91. The molecule has 1 fully saturated rings. The summed E-state index contributed by atoms with van der Waals surface area (Å²) in [5.74, 6) is 0.0484. The molecule has 0 aliphatic heterocycles. The third-order valence-corrected chi connectivity index (χ3v) is 4.55. The van der Waals surface area contributed by atoms with Crippen LogP contribution < -0.4 is 11.1 Å². The largest absolute Gasteiger partial charge is 0.351 e. The van der Waals surface area contributed by atoms with Crippen molar-refractivity contribution in [3.05, 3.63) is 21.9 Å². The molecule has 0 atom stereocenters. The van der Waals surface area contributed by atoms with Crippen LogP contribution in [-0.2, 0) is 0 Å². The highest BCUT2D eigenvalue weighted by molar-refractivity contribution is 7.12. The molecule has 1 aliphatic carbocycles. The van der Waals surface area contributed by atoms with Gasteiger partial charge in [0.1, 0.15) is 0 Å². The van der Waals surface area contributed by atoms with E-state index in [0.717, 1.165) is 29.8 Å². The van der Waals surface area contributed by atoms with Crippen molar-refractivity contribution in [2.24, 2.45) is 11.1 Å². The molecule has 1 amide bonds. The first-order valence-corrected chi connectivity index (χ1v) is 6.57. The molecule has 16 heavy (non-hydrogen) atoms. The predicted molar refractivity (Wildman–Crippen MR) is 66.7 cm³/mol. The molecule has 0 aromatic carbocycles. The van der Waals surface area contributed by atoms with Gasteiger partial charge in [0, 0.05) is 6.54 Å². The lowest BCUT2D eigenvalue weighted by atomic mass is 9.69. The van der Waals surface area contributed by atoms with Gasteiger partial charge in [-0.2, -0.15) is 0 Å². The second-order valence-electron chi connectivity index (χ2n) is 4.67. The molecule has 2 rings (SSSR count). The molecule has 0 radical (unpaired) electrons. The van der Waals surface area contributed by atoms with E-state index in [1.54, 1.807) is 0 Å². The third kappa shape index (κ3) is 2.13. The molecule has 1 saturated carbocycles. The van der Waals surface area contributed by atoms with Crippen LogP contribution in [0.2, 0.25) is 0 Å². The molecule has 88 valence electrons. The maximum atomic E-state index is 11.9. The molecule has 0 bridgehead atoms. The predicted octanol–water partition coefficient (Wildman–Crippen LogP) is 1.92. The summed E-state index contributed by atoms with van der Waals surface area (Å²) in [7, 11) is 0. The van der Waals surface area contributed by atoms with E-state index in [4.69, 9.17) is 5.73 Å². The lowest BCUT2D eigenvalue weighted by Crippen LogP contribution is -2.46. The SMILES string of the molecule is Cc1ccsc1C(=O)NCC1(CN)CCC1. The number of nitrogens with one attached hydrogen (secondary N) is 1. The first kappa shape index (κ1) is 11.6. The summed E-state index contributed by atoms with van der Waals surface area (Å²) in [6.45, 7) is 3.36. The van der Waals surface area contributed by atoms with E-state index in [9.17, 15) is 4.79 Å². The lowest BCUT2D eigenvalue weighted by molar-refractivity contribution is 0.0879. The first-order chi connectivity index (χ1) is 7.67. The van der Waals surface area contributed by atoms with Crippen molar-refractivity contribution in [2.45, 2.75) is 26.2 Å². The summed E-state index contributed by atoms with van der Waals surface area (Å²) in [5.41, 5.74) is 6.99. The Bertz CT molecular complexity index is 377. The van der Waals surface area contributed by atoms with E-state index in [2.05, 4.69) is 5.32 Å². The quantitative estimate of drug-likeness (QED) is 0.842. The van der Waals surface area contributed by atoms with E-state index in [-0.39, 0.29) is 11.3 Å². The highest BCUT2D eigenvalue weighted by atomic mass is 32.1. The molecule has 0 unspecified atom stereocenters. The molecule has 3 nitrogen and oxygen atoms in total. The van der Waals surface area contributed by atoms with Crippen LogP contribution in [0.3, 0.4) is 0 Å². The zero-order chi connectivity index (χ0) is 11.6. The fraction of sp³-hybridized carbons (Fsp3) is 0.583. The van der Waals surface area contributed by atoms with Crippen molar-refractivity contribution >= 4 is 17.2 Å². The molecule has 1 aromatic heterocycles. The van der Waals surface area contributed by atoms with Gasteiger partial charge < -0.3 is 11.1 Å². The Morgan fingerprint density at radius 3 is 2.81 bits per heavy atom. The van der Waals surface area contributed by atoms with Crippen LogP contribution in [0.5, 0.6) is 0 Å². The summed E-state index contributed by atoms with van der Waals surface area (Å²) < 4.78 is 0. The molecule has 0 spiro atoms. The van der Waals surface area contributed by atoms with Crippen molar-refractivity contribution in [1.82, 2.24) is 5.32 Å². The second-order valence-corrected chi connectivity index (χ2v) is 5.59. The van der Waals surface area contributed by atoms with Gasteiger partial charge in [0.25, 0.3) is 5.91 Å². The smallest absolute Gasteiger partial charge is 0.261 e. The van der Waals surface area contributed by atoms with Crippen LogP contribution in [0.4, 0.5) is 0 Å². The maximum absolute atomic E-state index is 11.9.